The number of benzene rings is 1. The van der Waals surface area contributed by atoms with Crippen molar-refractivity contribution in [3.05, 3.63) is 64.0 Å². The number of nitriles is 1. The zero-order valence-corrected chi connectivity index (χ0v) is 23.7. The summed E-state index contributed by atoms with van der Waals surface area (Å²) >= 11 is 12.7. The molecule has 11 heteroatoms. The van der Waals surface area contributed by atoms with Crippen LogP contribution in [0, 0.1) is 11.3 Å². The van der Waals surface area contributed by atoms with E-state index in [1.165, 1.54) is 0 Å². The first-order valence-corrected chi connectivity index (χ1v) is 14.0. The monoisotopic (exact) mass is 578 g/mol. The number of halogens is 2. The first-order valence-electron chi connectivity index (χ1n) is 13.2. The molecular weight excluding hydrogens is 551 g/mol. The van der Waals surface area contributed by atoms with E-state index in [2.05, 4.69) is 16.0 Å². The van der Waals surface area contributed by atoms with E-state index in [9.17, 15) is 10.4 Å². The molecule has 2 aliphatic rings. The zero-order valence-electron chi connectivity index (χ0n) is 22.1. The summed E-state index contributed by atoms with van der Waals surface area (Å²) in [5.41, 5.74) is 2.58. The maximum atomic E-state index is 10.2. The van der Waals surface area contributed by atoms with Crippen LogP contribution in [-0.2, 0) is 4.74 Å². The highest BCUT2D eigenvalue weighted by atomic mass is 35.5. The van der Waals surface area contributed by atoms with Crippen molar-refractivity contribution in [3.63, 3.8) is 0 Å². The van der Waals surface area contributed by atoms with Crippen LogP contribution in [0.3, 0.4) is 0 Å². The lowest BCUT2D eigenvalue weighted by molar-refractivity contribution is -0.0365. The smallest absolute Gasteiger partial charge is 0.150 e. The van der Waals surface area contributed by atoms with Gasteiger partial charge in [-0.05, 0) is 57.4 Å². The lowest BCUT2D eigenvalue weighted by Gasteiger charge is -2.45. The number of fused-ring (bicyclic) bond motifs is 1. The average molecular weight is 579 g/mol. The summed E-state index contributed by atoms with van der Waals surface area (Å²) in [5, 5.41) is 26.8. The predicted octanol–water partition coefficient (Wildman–Crippen LogP) is 6.08. The fraction of sp³-hybridized carbons (Fsp3) is 0.379. The molecule has 2 aliphatic heterocycles. The Morgan fingerprint density at radius 3 is 2.62 bits per heavy atom. The third-order valence-electron chi connectivity index (χ3n) is 7.34. The number of hydrogen-bond donors (Lipinski definition) is 1. The number of hydrogen-bond acceptors (Lipinski definition) is 8. The normalized spacial score (nSPS) is 19.2. The standard InChI is InChI=1S/C29H28Cl2N6O3/c1-17(26-22(30)13-33-14-23(26)31)40-20-6-7-24-21(10-20)27(35-37(24)25-5-3-4-8-39-25)19-9-18(11-32)28(34-12-19)36-15-29(2,38)16-36/h6-7,9-10,12-14,17,25,38H,3-5,8,15-16H2,1-2H3/t17-,25?/m1/s1. The van der Waals surface area contributed by atoms with Gasteiger partial charge in [0.25, 0.3) is 0 Å². The quantitative estimate of drug-likeness (QED) is 0.293. The molecule has 206 valence electrons. The minimum absolute atomic E-state index is 0.184. The van der Waals surface area contributed by atoms with Gasteiger partial charge in [0, 0.05) is 54.8 Å². The first-order chi connectivity index (χ1) is 19.2. The van der Waals surface area contributed by atoms with Crippen molar-refractivity contribution >= 4 is 39.9 Å². The van der Waals surface area contributed by atoms with E-state index in [1.54, 1.807) is 31.6 Å². The van der Waals surface area contributed by atoms with E-state index >= 15 is 0 Å². The van der Waals surface area contributed by atoms with Crippen LogP contribution in [0.25, 0.3) is 22.2 Å². The lowest BCUT2D eigenvalue weighted by Crippen LogP contribution is -2.60. The highest BCUT2D eigenvalue weighted by Crippen LogP contribution is 2.38. The van der Waals surface area contributed by atoms with E-state index in [0.717, 1.165) is 30.2 Å². The van der Waals surface area contributed by atoms with E-state index in [4.69, 9.17) is 37.8 Å². The van der Waals surface area contributed by atoms with Gasteiger partial charge in [-0.15, -0.1) is 0 Å². The lowest BCUT2D eigenvalue weighted by atomic mass is 9.96. The van der Waals surface area contributed by atoms with Crippen molar-refractivity contribution in [1.82, 2.24) is 19.7 Å². The molecule has 0 saturated carbocycles. The molecule has 0 bridgehead atoms. The van der Waals surface area contributed by atoms with Crippen molar-refractivity contribution in [2.24, 2.45) is 0 Å². The Morgan fingerprint density at radius 2 is 1.95 bits per heavy atom. The Balaban J connectivity index is 1.41. The van der Waals surface area contributed by atoms with Crippen molar-refractivity contribution in [2.75, 3.05) is 24.6 Å². The molecule has 40 heavy (non-hydrogen) atoms. The number of anilines is 1. The second-order valence-electron chi connectivity index (χ2n) is 10.6. The van der Waals surface area contributed by atoms with Crippen LogP contribution in [0.2, 0.25) is 10.0 Å². The summed E-state index contributed by atoms with van der Waals surface area (Å²) in [7, 11) is 0. The summed E-state index contributed by atoms with van der Waals surface area (Å²) in [6, 6.07) is 9.86. The molecule has 2 fully saturated rings. The van der Waals surface area contributed by atoms with Gasteiger partial charge in [-0.2, -0.15) is 10.4 Å². The SMILES string of the molecule is C[C@@H](Oc1ccc2c(c1)c(-c1cnc(N3CC(C)(O)C3)c(C#N)c1)nn2C1CCCCO1)c1c(Cl)cncc1Cl. The maximum absolute atomic E-state index is 10.2. The third kappa shape index (κ3) is 4.97. The number of pyridine rings is 2. The molecule has 0 radical (unpaired) electrons. The molecule has 1 N–H and O–H groups in total. The molecule has 6 rings (SSSR count). The topological polar surface area (TPSA) is 109 Å². The molecule has 2 saturated heterocycles. The molecule has 5 heterocycles. The van der Waals surface area contributed by atoms with E-state index in [-0.39, 0.29) is 6.23 Å². The Kier molecular flexibility index (Phi) is 7.05. The van der Waals surface area contributed by atoms with Gasteiger partial charge in [0.1, 0.15) is 29.4 Å². The fourth-order valence-corrected chi connectivity index (χ4v) is 6.13. The Bertz CT molecular complexity index is 1600. The number of rotatable bonds is 6. The largest absolute Gasteiger partial charge is 0.486 e. The minimum Gasteiger partial charge on any atom is -0.486 e. The van der Waals surface area contributed by atoms with E-state index in [0.29, 0.717) is 63.7 Å². The number of β-amino-alcohol motifs (C(OH)–C–C–N with tert-alkyl or cyclic N) is 1. The van der Waals surface area contributed by atoms with Crippen molar-refractivity contribution in [2.45, 2.75) is 51.0 Å². The van der Waals surface area contributed by atoms with Crippen molar-refractivity contribution in [3.8, 4) is 23.1 Å². The summed E-state index contributed by atoms with van der Waals surface area (Å²) in [6.07, 6.45) is 7.15. The van der Waals surface area contributed by atoms with Gasteiger partial charge in [0.2, 0.25) is 0 Å². The molecule has 0 aliphatic carbocycles. The molecule has 2 atom stereocenters. The third-order valence-corrected chi connectivity index (χ3v) is 7.94. The van der Waals surface area contributed by atoms with Gasteiger partial charge in [0.15, 0.2) is 6.23 Å². The summed E-state index contributed by atoms with van der Waals surface area (Å²) in [4.78, 5) is 10.5. The number of aromatic nitrogens is 4. The summed E-state index contributed by atoms with van der Waals surface area (Å²) < 4.78 is 14.3. The minimum atomic E-state index is -0.777. The van der Waals surface area contributed by atoms with Gasteiger partial charge in [0.05, 0.1) is 26.7 Å². The number of ether oxygens (including phenoxy) is 2. The molecule has 3 aromatic heterocycles. The van der Waals surface area contributed by atoms with E-state index < -0.39 is 11.7 Å². The summed E-state index contributed by atoms with van der Waals surface area (Å²) in [6.45, 7) is 5.19. The molecule has 1 aromatic carbocycles. The van der Waals surface area contributed by atoms with Crippen LogP contribution < -0.4 is 9.64 Å². The summed E-state index contributed by atoms with van der Waals surface area (Å²) in [5.74, 6) is 1.17. The second kappa shape index (κ2) is 10.5. The van der Waals surface area contributed by atoms with Gasteiger partial charge in [-0.25, -0.2) is 9.67 Å². The Hall–Kier alpha value is -3.42. The molecule has 1 unspecified atom stereocenters. The van der Waals surface area contributed by atoms with Gasteiger partial charge < -0.3 is 19.5 Å². The van der Waals surface area contributed by atoms with Crippen LogP contribution >= 0.6 is 23.2 Å². The van der Waals surface area contributed by atoms with Gasteiger partial charge in [-0.3, -0.25) is 4.98 Å². The van der Waals surface area contributed by atoms with Crippen LogP contribution in [0.15, 0.2) is 42.9 Å². The Morgan fingerprint density at radius 1 is 1.18 bits per heavy atom. The fourth-order valence-electron chi connectivity index (χ4n) is 5.46. The van der Waals surface area contributed by atoms with Crippen molar-refractivity contribution in [1.29, 1.82) is 5.26 Å². The highest BCUT2D eigenvalue weighted by Gasteiger charge is 2.38. The Labute approximate surface area is 241 Å². The number of nitrogens with zero attached hydrogens (tertiary/aromatic N) is 6. The van der Waals surface area contributed by atoms with E-state index in [1.807, 2.05) is 34.7 Å². The van der Waals surface area contributed by atoms with Crippen LogP contribution in [-0.4, -0.2) is 50.2 Å². The van der Waals surface area contributed by atoms with Crippen LogP contribution in [0.5, 0.6) is 5.75 Å². The molecule has 4 aromatic rings. The first kappa shape index (κ1) is 26.8. The van der Waals surface area contributed by atoms with Crippen LogP contribution in [0.1, 0.15) is 56.6 Å². The second-order valence-corrected chi connectivity index (χ2v) is 11.4. The predicted molar refractivity (Wildman–Crippen MR) is 153 cm³/mol. The van der Waals surface area contributed by atoms with Crippen molar-refractivity contribution < 1.29 is 14.6 Å². The number of aliphatic hydroxyl groups is 1. The highest BCUT2D eigenvalue weighted by molar-refractivity contribution is 6.35. The van der Waals surface area contributed by atoms with Crippen LogP contribution in [0.4, 0.5) is 5.82 Å². The molecule has 0 amide bonds. The molecule has 0 spiro atoms. The zero-order chi connectivity index (χ0) is 28.0. The maximum Gasteiger partial charge on any atom is 0.150 e. The van der Waals surface area contributed by atoms with Gasteiger partial charge >= 0.3 is 0 Å². The van der Waals surface area contributed by atoms with Gasteiger partial charge in [-0.1, -0.05) is 23.2 Å². The average Bonchev–Trinajstić information content (AvgIpc) is 3.30. The molecule has 9 nitrogen and oxygen atoms in total. The molecular formula is C29H28Cl2N6O3.